The third kappa shape index (κ3) is 4.77. The number of pyridine rings is 2. The normalized spacial score (nSPS) is 20.3. The predicted octanol–water partition coefficient (Wildman–Crippen LogP) is 3.49. The molecule has 4 heterocycles. The zero-order valence-electron chi connectivity index (χ0n) is 21.1. The standard InChI is InChI=1S/C27H35FN6O/c1-29-8-10-33(3)27-6-5-18(14-30-27)23-12-25(21-11-22(28)26(35-4)13-24(21)31-23)34-16-19-7-9-32(2)15-20(19)17-34/h5-6,11-14,19-20,29H,7-10,15-17H2,1-4H3/t19-,20+/m0/s1. The minimum Gasteiger partial charge on any atom is -0.494 e. The van der Waals surface area contributed by atoms with Crippen molar-refractivity contribution >= 4 is 22.4 Å². The first-order valence-electron chi connectivity index (χ1n) is 12.4. The van der Waals surface area contributed by atoms with Crippen LogP contribution in [0.1, 0.15) is 6.42 Å². The van der Waals surface area contributed by atoms with Gasteiger partial charge in [0, 0.05) is 68.7 Å². The number of benzene rings is 1. The number of halogens is 1. The summed E-state index contributed by atoms with van der Waals surface area (Å²) in [6, 6.07) is 9.49. The molecule has 2 fully saturated rings. The molecule has 2 atom stereocenters. The van der Waals surface area contributed by atoms with Gasteiger partial charge in [-0.1, -0.05) is 0 Å². The number of ether oxygens (including phenoxy) is 1. The van der Waals surface area contributed by atoms with E-state index in [1.807, 2.05) is 26.4 Å². The van der Waals surface area contributed by atoms with E-state index in [9.17, 15) is 4.39 Å². The van der Waals surface area contributed by atoms with Crippen LogP contribution in [0, 0.1) is 17.7 Å². The molecular weight excluding hydrogens is 443 g/mol. The highest BCUT2D eigenvalue weighted by atomic mass is 19.1. The van der Waals surface area contributed by atoms with Gasteiger partial charge in [0.1, 0.15) is 5.82 Å². The molecule has 0 saturated carbocycles. The number of nitrogens with zero attached hydrogens (tertiary/aromatic N) is 5. The molecule has 2 aliphatic heterocycles. The fourth-order valence-electron chi connectivity index (χ4n) is 5.48. The Kier molecular flexibility index (Phi) is 6.75. The molecule has 8 heteroatoms. The second kappa shape index (κ2) is 9.95. The van der Waals surface area contributed by atoms with E-state index in [2.05, 4.69) is 44.2 Å². The number of anilines is 2. The average molecular weight is 479 g/mol. The highest BCUT2D eigenvalue weighted by molar-refractivity contribution is 5.95. The van der Waals surface area contributed by atoms with Gasteiger partial charge >= 0.3 is 0 Å². The quantitative estimate of drug-likeness (QED) is 0.558. The molecule has 1 aromatic carbocycles. The summed E-state index contributed by atoms with van der Waals surface area (Å²) in [5, 5.41) is 4.00. The van der Waals surface area contributed by atoms with Gasteiger partial charge in [-0.2, -0.15) is 0 Å². The zero-order chi connectivity index (χ0) is 24.5. The fraction of sp³-hybridized carbons (Fsp3) is 0.481. The Morgan fingerprint density at radius 3 is 2.74 bits per heavy atom. The number of hydrogen-bond donors (Lipinski definition) is 1. The van der Waals surface area contributed by atoms with Crippen LogP contribution in [0.4, 0.5) is 15.9 Å². The van der Waals surface area contributed by atoms with E-state index in [0.29, 0.717) is 11.8 Å². The molecule has 2 aromatic heterocycles. The molecule has 0 spiro atoms. The number of likely N-dealkylation sites (tertiary alicyclic amines) is 1. The molecule has 2 aliphatic rings. The van der Waals surface area contributed by atoms with Crippen molar-refractivity contribution in [2.24, 2.45) is 11.8 Å². The second-order valence-corrected chi connectivity index (χ2v) is 9.94. The predicted molar refractivity (Wildman–Crippen MR) is 140 cm³/mol. The Balaban J connectivity index is 1.53. The van der Waals surface area contributed by atoms with Crippen molar-refractivity contribution in [3.8, 4) is 17.0 Å². The number of hydrogen-bond acceptors (Lipinski definition) is 7. The van der Waals surface area contributed by atoms with Crippen molar-refractivity contribution in [2.45, 2.75) is 6.42 Å². The highest BCUT2D eigenvalue weighted by Gasteiger charge is 2.37. The lowest BCUT2D eigenvalue weighted by molar-refractivity contribution is 0.178. The van der Waals surface area contributed by atoms with E-state index in [0.717, 1.165) is 72.9 Å². The molecule has 0 aliphatic carbocycles. The van der Waals surface area contributed by atoms with Crippen molar-refractivity contribution in [3.63, 3.8) is 0 Å². The van der Waals surface area contributed by atoms with Crippen LogP contribution >= 0.6 is 0 Å². The first-order chi connectivity index (χ1) is 17.0. The average Bonchev–Trinajstić information content (AvgIpc) is 3.29. The lowest BCUT2D eigenvalue weighted by Crippen LogP contribution is -2.37. The largest absolute Gasteiger partial charge is 0.494 e. The first-order valence-corrected chi connectivity index (χ1v) is 12.4. The summed E-state index contributed by atoms with van der Waals surface area (Å²) in [5.41, 5.74) is 3.56. The smallest absolute Gasteiger partial charge is 0.165 e. The monoisotopic (exact) mass is 478 g/mol. The third-order valence-corrected chi connectivity index (χ3v) is 7.54. The Hall–Kier alpha value is -2.97. The van der Waals surface area contributed by atoms with Gasteiger partial charge in [0.25, 0.3) is 0 Å². The van der Waals surface area contributed by atoms with Crippen molar-refractivity contribution in [3.05, 3.63) is 42.3 Å². The molecular formula is C27H35FN6O. The molecule has 2 saturated heterocycles. The maximum atomic E-state index is 14.8. The number of likely N-dealkylation sites (N-methyl/N-ethyl adjacent to an activating group) is 2. The molecule has 35 heavy (non-hydrogen) atoms. The summed E-state index contributed by atoms with van der Waals surface area (Å²) in [6.45, 7) is 6.00. The van der Waals surface area contributed by atoms with Crippen LogP contribution in [0.5, 0.6) is 5.75 Å². The molecule has 1 N–H and O–H groups in total. The van der Waals surface area contributed by atoms with E-state index >= 15 is 0 Å². The van der Waals surface area contributed by atoms with Crippen LogP contribution in [0.3, 0.4) is 0 Å². The van der Waals surface area contributed by atoms with E-state index < -0.39 is 0 Å². The second-order valence-electron chi connectivity index (χ2n) is 9.94. The minimum atomic E-state index is -0.359. The molecule has 5 rings (SSSR count). The number of fused-ring (bicyclic) bond motifs is 2. The molecule has 0 radical (unpaired) electrons. The summed E-state index contributed by atoms with van der Waals surface area (Å²) in [5.74, 6) is 2.08. The van der Waals surface area contributed by atoms with Crippen molar-refractivity contribution in [1.82, 2.24) is 20.2 Å². The maximum absolute atomic E-state index is 14.8. The van der Waals surface area contributed by atoms with Crippen molar-refractivity contribution < 1.29 is 9.13 Å². The summed E-state index contributed by atoms with van der Waals surface area (Å²) in [4.78, 5) is 16.6. The summed E-state index contributed by atoms with van der Waals surface area (Å²) in [7, 11) is 7.68. The molecule has 0 bridgehead atoms. The van der Waals surface area contributed by atoms with Crippen molar-refractivity contribution in [1.29, 1.82) is 0 Å². The Bertz CT molecular complexity index is 1190. The zero-order valence-corrected chi connectivity index (χ0v) is 21.1. The lowest BCUT2D eigenvalue weighted by Gasteiger charge is -2.31. The van der Waals surface area contributed by atoms with Crippen LogP contribution < -0.4 is 19.9 Å². The highest BCUT2D eigenvalue weighted by Crippen LogP contribution is 2.39. The van der Waals surface area contributed by atoms with Crippen LogP contribution in [-0.2, 0) is 0 Å². The molecule has 3 aromatic rings. The summed E-state index contributed by atoms with van der Waals surface area (Å²) in [6.07, 6.45) is 3.09. The number of piperidine rings is 1. The van der Waals surface area contributed by atoms with Gasteiger partial charge in [-0.3, -0.25) is 0 Å². The van der Waals surface area contributed by atoms with E-state index in [1.54, 1.807) is 12.1 Å². The van der Waals surface area contributed by atoms with E-state index in [-0.39, 0.29) is 11.6 Å². The Morgan fingerprint density at radius 2 is 2.00 bits per heavy atom. The van der Waals surface area contributed by atoms with Gasteiger partial charge in [-0.05, 0) is 63.2 Å². The SMILES string of the molecule is CNCCN(C)c1ccc(-c2cc(N3C[C@H]4CN(C)CC[C@H]4C3)c3cc(F)c(OC)cc3n2)cn1. The molecule has 0 unspecified atom stereocenters. The minimum absolute atomic E-state index is 0.212. The number of aromatic nitrogens is 2. The van der Waals surface area contributed by atoms with Gasteiger partial charge in [-0.15, -0.1) is 0 Å². The number of nitrogens with one attached hydrogen (secondary N) is 1. The topological polar surface area (TPSA) is 56.8 Å². The first kappa shape index (κ1) is 23.8. The maximum Gasteiger partial charge on any atom is 0.165 e. The number of rotatable bonds is 7. The molecule has 0 amide bonds. The van der Waals surface area contributed by atoms with Gasteiger partial charge < -0.3 is 24.8 Å². The summed E-state index contributed by atoms with van der Waals surface area (Å²) >= 11 is 0. The van der Waals surface area contributed by atoms with Crippen LogP contribution in [0.2, 0.25) is 0 Å². The van der Waals surface area contributed by atoms with Crippen molar-refractivity contribution in [2.75, 3.05) is 77.3 Å². The van der Waals surface area contributed by atoms with Gasteiger partial charge in [-0.25, -0.2) is 14.4 Å². The van der Waals surface area contributed by atoms with Gasteiger partial charge in [0.15, 0.2) is 11.6 Å². The van der Waals surface area contributed by atoms with E-state index in [1.165, 1.54) is 13.5 Å². The number of methoxy groups -OCH3 is 1. The van der Waals surface area contributed by atoms with Crippen LogP contribution in [0.15, 0.2) is 36.5 Å². The Morgan fingerprint density at radius 1 is 1.17 bits per heavy atom. The van der Waals surface area contributed by atoms with Crippen LogP contribution in [0.25, 0.3) is 22.2 Å². The summed E-state index contributed by atoms with van der Waals surface area (Å²) < 4.78 is 20.0. The van der Waals surface area contributed by atoms with Gasteiger partial charge in [0.05, 0.1) is 18.3 Å². The molecule has 186 valence electrons. The third-order valence-electron chi connectivity index (χ3n) is 7.54. The Labute approximate surface area is 206 Å². The fourth-order valence-corrected chi connectivity index (χ4v) is 5.48. The van der Waals surface area contributed by atoms with Gasteiger partial charge in [0.2, 0.25) is 0 Å². The molecule has 7 nitrogen and oxygen atoms in total. The lowest BCUT2D eigenvalue weighted by atomic mass is 9.89. The van der Waals surface area contributed by atoms with E-state index in [4.69, 9.17) is 9.72 Å². The van der Waals surface area contributed by atoms with Crippen LogP contribution in [-0.4, -0.2) is 82.4 Å².